The number of rotatable bonds is 4. The van der Waals surface area contributed by atoms with Gasteiger partial charge in [-0.2, -0.15) is 0 Å². The van der Waals surface area contributed by atoms with Crippen molar-refractivity contribution < 1.29 is 19.8 Å². The quantitative estimate of drug-likeness (QED) is 0.557. The zero-order valence-corrected chi connectivity index (χ0v) is 9.49. The molecule has 2 atom stereocenters. The van der Waals surface area contributed by atoms with E-state index in [4.69, 9.17) is 0 Å². The number of hydrogen-bond acceptors (Lipinski definition) is 4. The Bertz CT molecular complexity index is 378. The molecular weight excluding hydrogens is 208 g/mol. The van der Waals surface area contributed by atoms with Gasteiger partial charge in [0.05, 0.1) is 5.92 Å². The Hall–Kier alpha value is -1.42. The predicted molar refractivity (Wildman–Crippen MR) is 58.9 cm³/mol. The van der Waals surface area contributed by atoms with Crippen LogP contribution in [0, 0.1) is 5.92 Å². The van der Waals surface area contributed by atoms with E-state index < -0.39 is 29.3 Å². The van der Waals surface area contributed by atoms with Gasteiger partial charge in [-0.25, -0.2) is 0 Å². The monoisotopic (exact) mass is 224 g/mol. The Balaban J connectivity index is 2.85. The van der Waals surface area contributed by atoms with Crippen LogP contribution < -0.4 is 0 Å². The summed E-state index contributed by atoms with van der Waals surface area (Å²) in [5.74, 6) is -2.15. The molecule has 0 aromatic carbocycles. The molecule has 0 radical (unpaired) electrons. The standard InChI is InChI=1S/C12H16O4/c1-6(2)4-5-8-10(14)9(7(3)13)12(16)11(8)15/h8,11,15-16H,1,4-5H2,2-3H3. The highest BCUT2D eigenvalue weighted by atomic mass is 16.3. The summed E-state index contributed by atoms with van der Waals surface area (Å²) in [6.07, 6.45) is -0.256. The van der Waals surface area contributed by atoms with Gasteiger partial charge in [0.2, 0.25) is 0 Å². The SMILES string of the molecule is C=C(C)CCC1C(=O)C(C(C)=O)=C(O)C1O. The smallest absolute Gasteiger partial charge is 0.176 e. The van der Waals surface area contributed by atoms with Gasteiger partial charge in [-0.3, -0.25) is 9.59 Å². The molecule has 0 aliphatic heterocycles. The molecule has 88 valence electrons. The number of allylic oxidation sites excluding steroid dienone is 2. The molecule has 0 aromatic rings. The van der Waals surface area contributed by atoms with E-state index in [1.165, 1.54) is 6.92 Å². The van der Waals surface area contributed by atoms with Crippen LogP contribution in [-0.4, -0.2) is 27.9 Å². The Morgan fingerprint density at radius 1 is 1.44 bits per heavy atom. The number of carbonyl (C=O) groups excluding carboxylic acids is 2. The van der Waals surface area contributed by atoms with Gasteiger partial charge >= 0.3 is 0 Å². The highest BCUT2D eigenvalue weighted by Gasteiger charge is 2.42. The molecule has 0 heterocycles. The van der Waals surface area contributed by atoms with Gasteiger partial charge in [-0.1, -0.05) is 5.57 Å². The Labute approximate surface area is 94.3 Å². The van der Waals surface area contributed by atoms with Gasteiger partial charge in [-0.05, 0) is 26.7 Å². The maximum absolute atomic E-state index is 11.8. The summed E-state index contributed by atoms with van der Waals surface area (Å²) in [6, 6.07) is 0. The van der Waals surface area contributed by atoms with Crippen molar-refractivity contribution in [2.24, 2.45) is 5.92 Å². The minimum absolute atomic E-state index is 0.251. The highest BCUT2D eigenvalue weighted by Crippen LogP contribution is 2.31. The number of aliphatic hydroxyl groups excluding tert-OH is 2. The van der Waals surface area contributed by atoms with Crippen molar-refractivity contribution in [1.29, 1.82) is 0 Å². The molecule has 1 aliphatic carbocycles. The van der Waals surface area contributed by atoms with Crippen LogP contribution in [0.1, 0.15) is 26.7 Å². The molecule has 4 heteroatoms. The summed E-state index contributed by atoms with van der Waals surface area (Å²) in [7, 11) is 0. The molecule has 1 rings (SSSR count). The van der Waals surface area contributed by atoms with Crippen molar-refractivity contribution in [2.75, 3.05) is 0 Å². The van der Waals surface area contributed by atoms with E-state index >= 15 is 0 Å². The lowest BCUT2D eigenvalue weighted by atomic mass is 9.94. The number of hydrogen-bond donors (Lipinski definition) is 2. The van der Waals surface area contributed by atoms with Crippen LogP contribution >= 0.6 is 0 Å². The lowest BCUT2D eigenvalue weighted by Gasteiger charge is -2.13. The zero-order chi connectivity index (χ0) is 12.5. The third kappa shape index (κ3) is 2.22. The Morgan fingerprint density at radius 3 is 2.38 bits per heavy atom. The molecular formula is C12H16O4. The molecule has 2 N–H and O–H groups in total. The third-order valence-electron chi connectivity index (χ3n) is 2.73. The van der Waals surface area contributed by atoms with Crippen LogP contribution in [0.4, 0.5) is 0 Å². The maximum Gasteiger partial charge on any atom is 0.176 e. The van der Waals surface area contributed by atoms with Crippen LogP contribution in [0.15, 0.2) is 23.5 Å². The van der Waals surface area contributed by atoms with Crippen LogP contribution in [0.25, 0.3) is 0 Å². The van der Waals surface area contributed by atoms with Gasteiger partial charge in [0.15, 0.2) is 11.6 Å². The number of ketones is 2. The minimum atomic E-state index is -1.24. The maximum atomic E-state index is 11.8. The molecule has 0 spiro atoms. The molecule has 0 saturated heterocycles. The van der Waals surface area contributed by atoms with Crippen LogP contribution in [-0.2, 0) is 9.59 Å². The van der Waals surface area contributed by atoms with Crippen molar-refractivity contribution in [2.45, 2.75) is 32.8 Å². The highest BCUT2D eigenvalue weighted by molar-refractivity contribution is 6.22. The van der Waals surface area contributed by atoms with Crippen LogP contribution in [0.5, 0.6) is 0 Å². The molecule has 2 unspecified atom stereocenters. The van der Waals surface area contributed by atoms with E-state index in [1.807, 2.05) is 6.92 Å². The average Bonchev–Trinajstić information content (AvgIpc) is 2.36. The largest absolute Gasteiger partial charge is 0.509 e. The lowest BCUT2D eigenvalue weighted by molar-refractivity contribution is -0.123. The first-order valence-corrected chi connectivity index (χ1v) is 5.17. The lowest BCUT2D eigenvalue weighted by Crippen LogP contribution is -2.23. The van der Waals surface area contributed by atoms with Gasteiger partial charge in [0.25, 0.3) is 0 Å². The number of Topliss-reactive ketones (excluding diaryl/α,β-unsaturated/α-hetero) is 2. The minimum Gasteiger partial charge on any atom is -0.509 e. The Morgan fingerprint density at radius 2 is 2.00 bits per heavy atom. The molecule has 1 aliphatic rings. The molecule has 16 heavy (non-hydrogen) atoms. The van der Waals surface area contributed by atoms with Crippen LogP contribution in [0.3, 0.4) is 0 Å². The van der Waals surface area contributed by atoms with Gasteiger partial charge in [0.1, 0.15) is 17.4 Å². The molecule has 0 aromatic heterocycles. The molecule has 0 bridgehead atoms. The van der Waals surface area contributed by atoms with E-state index in [-0.39, 0.29) is 5.57 Å². The summed E-state index contributed by atoms with van der Waals surface area (Å²) < 4.78 is 0. The molecule has 0 amide bonds. The second-order valence-corrected chi connectivity index (χ2v) is 4.23. The number of carbonyl (C=O) groups is 2. The average molecular weight is 224 g/mol. The van der Waals surface area contributed by atoms with Crippen molar-refractivity contribution in [3.8, 4) is 0 Å². The summed E-state index contributed by atoms with van der Waals surface area (Å²) in [5, 5.41) is 19.1. The normalized spacial score (nSPS) is 25.1. The fourth-order valence-corrected chi connectivity index (χ4v) is 1.84. The fraction of sp³-hybridized carbons (Fsp3) is 0.500. The van der Waals surface area contributed by atoms with E-state index in [0.29, 0.717) is 12.8 Å². The zero-order valence-electron chi connectivity index (χ0n) is 9.49. The predicted octanol–water partition coefficient (Wildman–Crippen LogP) is 1.30. The second-order valence-electron chi connectivity index (χ2n) is 4.23. The molecule has 0 saturated carbocycles. The first-order valence-electron chi connectivity index (χ1n) is 5.17. The molecule has 4 nitrogen and oxygen atoms in total. The Kier molecular flexibility index (Phi) is 3.65. The van der Waals surface area contributed by atoms with Crippen molar-refractivity contribution in [3.63, 3.8) is 0 Å². The van der Waals surface area contributed by atoms with Gasteiger partial charge < -0.3 is 10.2 Å². The van der Waals surface area contributed by atoms with Crippen molar-refractivity contribution in [3.05, 3.63) is 23.5 Å². The number of aliphatic hydroxyl groups is 2. The van der Waals surface area contributed by atoms with Crippen molar-refractivity contribution >= 4 is 11.6 Å². The van der Waals surface area contributed by atoms with Gasteiger partial charge in [-0.15, -0.1) is 6.58 Å². The first kappa shape index (κ1) is 12.6. The van der Waals surface area contributed by atoms with E-state index in [9.17, 15) is 19.8 Å². The summed E-state index contributed by atoms with van der Waals surface area (Å²) >= 11 is 0. The molecule has 0 fully saturated rings. The first-order chi connectivity index (χ1) is 7.36. The summed E-state index contributed by atoms with van der Waals surface area (Å²) in [4.78, 5) is 22.9. The fourth-order valence-electron chi connectivity index (χ4n) is 1.84. The van der Waals surface area contributed by atoms with Crippen LogP contribution in [0.2, 0.25) is 0 Å². The van der Waals surface area contributed by atoms with E-state index in [0.717, 1.165) is 5.57 Å². The van der Waals surface area contributed by atoms with Crippen molar-refractivity contribution in [1.82, 2.24) is 0 Å². The topological polar surface area (TPSA) is 74.6 Å². The third-order valence-corrected chi connectivity index (χ3v) is 2.73. The van der Waals surface area contributed by atoms with Gasteiger partial charge in [0, 0.05) is 0 Å². The van der Waals surface area contributed by atoms with E-state index in [1.54, 1.807) is 0 Å². The summed E-state index contributed by atoms with van der Waals surface area (Å²) in [6.45, 7) is 6.73. The summed E-state index contributed by atoms with van der Waals surface area (Å²) in [5.41, 5.74) is 0.648. The second kappa shape index (κ2) is 4.61. The van der Waals surface area contributed by atoms with E-state index in [2.05, 4.69) is 6.58 Å².